The van der Waals surface area contributed by atoms with Gasteiger partial charge in [0.25, 0.3) is 0 Å². The van der Waals surface area contributed by atoms with Gasteiger partial charge in [-0.05, 0) is 48.7 Å². The van der Waals surface area contributed by atoms with E-state index in [1.165, 1.54) is 18.2 Å². The number of fused-ring (bicyclic) bond motifs is 1. The molecule has 1 amide bonds. The Hall–Kier alpha value is -3.02. The summed E-state index contributed by atoms with van der Waals surface area (Å²) < 4.78 is 15.2. The van der Waals surface area contributed by atoms with Crippen molar-refractivity contribution in [2.24, 2.45) is 0 Å². The minimum atomic E-state index is -0.316. The highest BCUT2D eigenvalue weighted by Gasteiger charge is 2.32. The number of carbonyl (C=O) groups is 1. The molecule has 4 rings (SSSR count). The largest absolute Gasteiger partial charge is 0.329 e. The van der Waals surface area contributed by atoms with Crippen LogP contribution in [-0.2, 0) is 4.79 Å². The van der Waals surface area contributed by atoms with Crippen molar-refractivity contribution in [2.75, 3.05) is 6.54 Å². The maximum atomic E-state index is 13.2. The first-order valence-electron chi connectivity index (χ1n) is 8.26. The normalized spacial score (nSPS) is 17.6. The standard InChI is InChI=1S/C19H17FN4O/c20-15-6-3-5-14(13-15)9-10-18(25)23-12-4-7-16(23)19-22-21-17-8-1-2-11-24(17)19/h1-3,5-6,8-11,13,16H,4,7,12H2. The van der Waals surface area contributed by atoms with Crippen molar-refractivity contribution in [1.29, 1.82) is 0 Å². The van der Waals surface area contributed by atoms with Crippen molar-refractivity contribution >= 4 is 17.6 Å². The van der Waals surface area contributed by atoms with Crippen molar-refractivity contribution in [1.82, 2.24) is 19.5 Å². The molecule has 1 saturated heterocycles. The molecule has 0 N–H and O–H groups in total. The van der Waals surface area contributed by atoms with Crippen molar-refractivity contribution in [3.63, 3.8) is 0 Å². The van der Waals surface area contributed by atoms with E-state index in [1.54, 1.807) is 23.1 Å². The van der Waals surface area contributed by atoms with Gasteiger partial charge in [0.1, 0.15) is 5.82 Å². The summed E-state index contributed by atoms with van der Waals surface area (Å²) in [6.45, 7) is 0.679. The highest BCUT2D eigenvalue weighted by molar-refractivity contribution is 5.92. The molecule has 1 aliphatic heterocycles. The van der Waals surface area contributed by atoms with E-state index in [0.717, 1.165) is 24.3 Å². The first kappa shape index (κ1) is 15.5. The molecule has 3 aromatic rings. The van der Waals surface area contributed by atoms with Gasteiger partial charge in [0.05, 0.1) is 6.04 Å². The fraction of sp³-hybridized carbons (Fsp3) is 0.211. The molecule has 1 aromatic carbocycles. The first-order chi connectivity index (χ1) is 12.2. The lowest BCUT2D eigenvalue weighted by molar-refractivity contribution is -0.127. The van der Waals surface area contributed by atoms with E-state index >= 15 is 0 Å². The maximum absolute atomic E-state index is 13.2. The smallest absolute Gasteiger partial charge is 0.247 e. The predicted molar refractivity (Wildman–Crippen MR) is 92.1 cm³/mol. The van der Waals surface area contributed by atoms with Crippen molar-refractivity contribution in [3.05, 3.63) is 71.9 Å². The van der Waals surface area contributed by atoms with Crippen molar-refractivity contribution in [3.8, 4) is 0 Å². The Morgan fingerprint density at radius 1 is 1.20 bits per heavy atom. The summed E-state index contributed by atoms with van der Waals surface area (Å²) in [5.41, 5.74) is 1.43. The number of hydrogen-bond donors (Lipinski definition) is 0. The van der Waals surface area contributed by atoms with E-state index < -0.39 is 0 Å². The fourth-order valence-corrected chi connectivity index (χ4v) is 3.26. The number of rotatable bonds is 3. The van der Waals surface area contributed by atoms with Crippen LogP contribution in [0.25, 0.3) is 11.7 Å². The lowest BCUT2D eigenvalue weighted by Crippen LogP contribution is -2.30. The van der Waals surface area contributed by atoms with Gasteiger partial charge in [-0.15, -0.1) is 10.2 Å². The second-order valence-electron chi connectivity index (χ2n) is 6.07. The maximum Gasteiger partial charge on any atom is 0.247 e. The molecule has 1 aliphatic rings. The lowest BCUT2D eigenvalue weighted by atomic mass is 10.2. The Bertz CT molecular complexity index is 949. The molecule has 1 fully saturated rings. The van der Waals surface area contributed by atoms with Gasteiger partial charge in [0.15, 0.2) is 11.5 Å². The topological polar surface area (TPSA) is 50.5 Å². The number of likely N-dealkylation sites (tertiary alicyclic amines) is 1. The monoisotopic (exact) mass is 336 g/mol. The number of pyridine rings is 1. The second-order valence-corrected chi connectivity index (χ2v) is 6.07. The van der Waals surface area contributed by atoms with Crippen LogP contribution >= 0.6 is 0 Å². The molecule has 1 unspecified atom stereocenters. The summed E-state index contributed by atoms with van der Waals surface area (Å²) in [5.74, 6) is 0.364. The van der Waals surface area contributed by atoms with Crippen molar-refractivity contribution in [2.45, 2.75) is 18.9 Å². The minimum absolute atomic E-state index is 0.0953. The third kappa shape index (κ3) is 3.03. The number of hydrogen-bond acceptors (Lipinski definition) is 3. The van der Waals surface area contributed by atoms with Crippen LogP contribution in [-0.4, -0.2) is 31.9 Å². The molecular weight excluding hydrogens is 319 g/mol. The van der Waals surface area contributed by atoms with Crippen LogP contribution in [0.1, 0.15) is 30.3 Å². The summed E-state index contributed by atoms with van der Waals surface area (Å²) in [4.78, 5) is 14.4. The molecule has 1 atom stereocenters. The first-order valence-corrected chi connectivity index (χ1v) is 8.26. The van der Waals surface area contributed by atoms with Gasteiger partial charge < -0.3 is 4.90 Å². The number of amides is 1. The summed E-state index contributed by atoms with van der Waals surface area (Å²) in [5, 5.41) is 8.46. The van der Waals surface area contributed by atoms with Crippen molar-refractivity contribution < 1.29 is 9.18 Å². The zero-order valence-corrected chi connectivity index (χ0v) is 13.5. The van der Waals surface area contributed by atoms with E-state index in [9.17, 15) is 9.18 Å². The van der Waals surface area contributed by atoms with Crippen LogP contribution in [0.5, 0.6) is 0 Å². The Morgan fingerprint density at radius 3 is 3.00 bits per heavy atom. The summed E-state index contributed by atoms with van der Waals surface area (Å²) in [6, 6.07) is 11.8. The Kier molecular flexibility index (Phi) is 4.01. The molecule has 2 aromatic heterocycles. The molecular formula is C19H17FN4O. The molecule has 25 heavy (non-hydrogen) atoms. The third-order valence-corrected chi connectivity index (χ3v) is 4.44. The van der Waals surface area contributed by atoms with E-state index in [1.807, 2.05) is 28.8 Å². The van der Waals surface area contributed by atoms with E-state index in [2.05, 4.69) is 10.2 Å². The van der Waals surface area contributed by atoms with Crippen LogP contribution in [0.15, 0.2) is 54.7 Å². The number of aromatic nitrogens is 3. The molecule has 0 aliphatic carbocycles. The number of benzene rings is 1. The van der Waals surface area contributed by atoms with Gasteiger partial charge in [0.2, 0.25) is 5.91 Å². The van der Waals surface area contributed by atoms with E-state index in [-0.39, 0.29) is 17.8 Å². The highest BCUT2D eigenvalue weighted by atomic mass is 19.1. The van der Waals surface area contributed by atoms with Crippen LogP contribution in [0.2, 0.25) is 0 Å². The SMILES string of the molecule is O=C(C=Cc1cccc(F)c1)N1CCCC1c1nnc2ccccn12. The molecule has 0 saturated carbocycles. The second kappa shape index (κ2) is 6.47. The third-order valence-electron chi connectivity index (χ3n) is 4.44. The predicted octanol–water partition coefficient (Wildman–Crippen LogP) is 3.25. The van der Waals surface area contributed by atoms with Gasteiger partial charge in [-0.2, -0.15) is 0 Å². The quantitative estimate of drug-likeness (QED) is 0.690. The van der Waals surface area contributed by atoms with Gasteiger partial charge in [0, 0.05) is 18.8 Å². The van der Waals surface area contributed by atoms with E-state index in [0.29, 0.717) is 12.1 Å². The molecule has 0 radical (unpaired) electrons. The van der Waals surface area contributed by atoms with Gasteiger partial charge in [-0.25, -0.2) is 4.39 Å². The average molecular weight is 336 g/mol. The minimum Gasteiger partial charge on any atom is -0.329 e. The van der Waals surface area contributed by atoms with Gasteiger partial charge in [-0.1, -0.05) is 18.2 Å². The summed E-state index contributed by atoms with van der Waals surface area (Å²) in [7, 11) is 0. The summed E-state index contributed by atoms with van der Waals surface area (Å²) in [6.07, 6.45) is 6.83. The van der Waals surface area contributed by atoms with Crippen LogP contribution < -0.4 is 0 Å². The lowest BCUT2D eigenvalue weighted by Gasteiger charge is -2.22. The molecule has 3 heterocycles. The number of carbonyl (C=O) groups excluding carboxylic acids is 1. The summed E-state index contributed by atoms with van der Waals surface area (Å²) >= 11 is 0. The fourth-order valence-electron chi connectivity index (χ4n) is 3.26. The molecule has 6 heteroatoms. The zero-order valence-electron chi connectivity index (χ0n) is 13.5. The van der Waals surface area contributed by atoms with Gasteiger partial charge >= 0.3 is 0 Å². The molecule has 0 spiro atoms. The Labute approximate surface area is 144 Å². The Balaban J connectivity index is 1.58. The molecule has 126 valence electrons. The number of halogens is 1. The average Bonchev–Trinajstić information content (AvgIpc) is 3.26. The zero-order chi connectivity index (χ0) is 17.2. The van der Waals surface area contributed by atoms with Gasteiger partial charge in [-0.3, -0.25) is 9.20 Å². The van der Waals surface area contributed by atoms with Crippen LogP contribution in [0.4, 0.5) is 4.39 Å². The highest BCUT2D eigenvalue weighted by Crippen LogP contribution is 2.31. The Morgan fingerprint density at radius 2 is 2.12 bits per heavy atom. The van der Waals surface area contributed by atoms with E-state index in [4.69, 9.17) is 0 Å². The molecule has 5 nitrogen and oxygen atoms in total. The molecule has 0 bridgehead atoms. The van der Waals surface area contributed by atoms with Crippen LogP contribution in [0.3, 0.4) is 0 Å². The number of nitrogens with zero attached hydrogens (tertiary/aromatic N) is 4. The van der Waals surface area contributed by atoms with Crippen LogP contribution in [0, 0.1) is 5.82 Å².